The largest absolute Gasteiger partial charge is 0.423 e. The number of carbonyl (C=O) groups is 1. The first kappa shape index (κ1) is 17.7. The molecule has 2 N–H and O–H groups in total. The lowest BCUT2D eigenvalue weighted by atomic mass is 9.88. The van der Waals surface area contributed by atoms with Gasteiger partial charge in [0.25, 0.3) is 0 Å². The summed E-state index contributed by atoms with van der Waals surface area (Å²) in [7, 11) is 0. The van der Waals surface area contributed by atoms with Gasteiger partial charge in [-0.25, -0.2) is 4.39 Å². The van der Waals surface area contributed by atoms with Crippen molar-refractivity contribution in [1.29, 1.82) is 0 Å². The lowest BCUT2D eigenvalue weighted by Crippen LogP contribution is -2.52. The minimum atomic E-state index is -5.00. The molecule has 1 aromatic carbocycles. The number of carbonyl (C=O) groups excluding carboxylic acids is 1. The van der Waals surface area contributed by atoms with E-state index in [-0.39, 0.29) is 5.92 Å². The van der Waals surface area contributed by atoms with E-state index in [1.165, 1.54) is 0 Å². The molecule has 7 heteroatoms. The first-order valence-corrected chi connectivity index (χ1v) is 7.57. The minimum absolute atomic E-state index is 0.311. The third kappa shape index (κ3) is 4.02. The number of hydrogen-bond acceptors (Lipinski definition) is 2. The summed E-state index contributed by atoms with van der Waals surface area (Å²) < 4.78 is 52.8. The van der Waals surface area contributed by atoms with Crippen molar-refractivity contribution in [3.63, 3.8) is 0 Å². The molecule has 0 saturated heterocycles. The maximum Gasteiger partial charge on any atom is 0.423 e. The molecule has 1 amide bonds. The van der Waals surface area contributed by atoms with Gasteiger partial charge in [0.1, 0.15) is 5.82 Å². The lowest BCUT2D eigenvalue weighted by molar-refractivity contribution is -0.264. The summed E-state index contributed by atoms with van der Waals surface area (Å²) in [6.07, 6.45) is -0.935. The molecule has 3 nitrogen and oxygen atoms in total. The van der Waals surface area contributed by atoms with Crippen molar-refractivity contribution in [2.24, 2.45) is 5.92 Å². The van der Waals surface area contributed by atoms with Crippen molar-refractivity contribution < 1.29 is 27.5 Å². The second-order valence-corrected chi connectivity index (χ2v) is 5.92. The summed E-state index contributed by atoms with van der Waals surface area (Å²) in [5.41, 5.74) is -3.75. The van der Waals surface area contributed by atoms with Crippen LogP contribution < -0.4 is 5.32 Å². The van der Waals surface area contributed by atoms with Crippen LogP contribution in [-0.4, -0.2) is 23.7 Å². The van der Waals surface area contributed by atoms with Gasteiger partial charge in [0.05, 0.1) is 6.54 Å². The molecule has 0 bridgehead atoms. The molecule has 1 aromatic rings. The molecule has 1 aliphatic rings. The highest BCUT2D eigenvalue weighted by atomic mass is 19.4. The van der Waals surface area contributed by atoms with Crippen LogP contribution in [0.25, 0.3) is 0 Å². The Labute approximate surface area is 131 Å². The third-order valence-corrected chi connectivity index (χ3v) is 4.29. The van der Waals surface area contributed by atoms with Crippen molar-refractivity contribution in [1.82, 2.24) is 5.32 Å². The van der Waals surface area contributed by atoms with Gasteiger partial charge < -0.3 is 10.4 Å². The Bertz CT molecular complexity index is 538. The van der Waals surface area contributed by atoms with Crippen molar-refractivity contribution in [2.75, 3.05) is 6.54 Å². The van der Waals surface area contributed by atoms with Gasteiger partial charge >= 0.3 is 6.18 Å². The second kappa shape index (κ2) is 6.86. The topological polar surface area (TPSA) is 49.3 Å². The molecule has 0 radical (unpaired) electrons. The molecule has 1 unspecified atom stereocenters. The quantitative estimate of drug-likeness (QED) is 0.831. The van der Waals surface area contributed by atoms with Crippen molar-refractivity contribution >= 4 is 5.91 Å². The summed E-state index contributed by atoms with van der Waals surface area (Å²) in [6, 6.07) is 3.43. The zero-order valence-corrected chi connectivity index (χ0v) is 12.5. The molecule has 1 saturated carbocycles. The fourth-order valence-corrected chi connectivity index (χ4v) is 2.82. The van der Waals surface area contributed by atoms with Gasteiger partial charge in [-0.05, 0) is 30.5 Å². The Morgan fingerprint density at radius 2 is 1.70 bits per heavy atom. The Hall–Kier alpha value is -1.63. The summed E-state index contributed by atoms with van der Waals surface area (Å²) in [5, 5.41) is 12.3. The number of rotatable bonds is 4. The molecule has 0 heterocycles. The molecule has 1 atom stereocenters. The van der Waals surface area contributed by atoms with Gasteiger partial charge in [-0.1, -0.05) is 31.4 Å². The molecule has 1 fully saturated rings. The zero-order valence-electron chi connectivity index (χ0n) is 12.5. The van der Waals surface area contributed by atoms with Crippen molar-refractivity contribution in [3.8, 4) is 0 Å². The number of amides is 1. The van der Waals surface area contributed by atoms with Gasteiger partial charge in [0.15, 0.2) is 0 Å². The number of benzene rings is 1. The molecule has 2 rings (SSSR count). The second-order valence-electron chi connectivity index (χ2n) is 5.92. The smallest absolute Gasteiger partial charge is 0.375 e. The van der Waals surface area contributed by atoms with Gasteiger partial charge in [-0.15, -0.1) is 0 Å². The molecule has 0 spiro atoms. The predicted molar refractivity (Wildman–Crippen MR) is 75.9 cm³/mol. The van der Waals surface area contributed by atoms with Crippen LogP contribution in [0.4, 0.5) is 17.6 Å². The maximum absolute atomic E-state index is 13.3. The van der Waals surface area contributed by atoms with Gasteiger partial charge in [0.2, 0.25) is 11.5 Å². The zero-order chi connectivity index (χ0) is 17.1. The fraction of sp³-hybridized carbons (Fsp3) is 0.562. The first-order chi connectivity index (χ1) is 10.7. The number of nitrogens with one attached hydrogen (secondary N) is 1. The summed E-state index contributed by atoms with van der Waals surface area (Å²) >= 11 is 0. The van der Waals surface area contributed by atoms with Crippen LogP contribution in [0.2, 0.25) is 0 Å². The van der Waals surface area contributed by atoms with E-state index in [4.69, 9.17) is 0 Å². The number of aliphatic hydroxyl groups is 1. The van der Waals surface area contributed by atoms with E-state index in [9.17, 15) is 27.5 Å². The monoisotopic (exact) mass is 333 g/mol. The van der Waals surface area contributed by atoms with Crippen LogP contribution in [0, 0.1) is 11.7 Å². The van der Waals surface area contributed by atoms with Crippen molar-refractivity contribution in [3.05, 3.63) is 35.6 Å². The fourth-order valence-electron chi connectivity index (χ4n) is 2.82. The molecular weight excluding hydrogens is 314 g/mol. The van der Waals surface area contributed by atoms with Gasteiger partial charge in [0, 0.05) is 5.92 Å². The normalized spacial score (nSPS) is 19.2. The standard InChI is InChI=1S/C16H19F4NO2/c17-13-8-6-12(7-9-13)15(23,16(18,19)20)10-21-14(22)11-4-2-1-3-5-11/h6-9,11,23H,1-5,10H2,(H,21,22). The lowest BCUT2D eigenvalue weighted by Gasteiger charge is -2.32. The van der Waals surface area contributed by atoms with Crippen LogP contribution in [-0.2, 0) is 10.4 Å². The van der Waals surface area contributed by atoms with Crippen LogP contribution >= 0.6 is 0 Å². The predicted octanol–water partition coefficient (Wildman–Crippen LogP) is 3.27. The minimum Gasteiger partial charge on any atom is -0.375 e. The average Bonchev–Trinajstić information content (AvgIpc) is 2.52. The third-order valence-electron chi connectivity index (χ3n) is 4.29. The molecule has 1 aliphatic carbocycles. The number of hydrogen-bond donors (Lipinski definition) is 2. The molecule has 0 aliphatic heterocycles. The van der Waals surface area contributed by atoms with E-state index in [1.54, 1.807) is 0 Å². The Morgan fingerprint density at radius 1 is 1.13 bits per heavy atom. The molecule has 128 valence electrons. The Balaban J connectivity index is 2.12. The van der Waals surface area contributed by atoms with Crippen LogP contribution in [0.5, 0.6) is 0 Å². The van der Waals surface area contributed by atoms with E-state index >= 15 is 0 Å². The first-order valence-electron chi connectivity index (χ1n) is 7.57. The van der Waals surface area contributed by atoms with E-state index < -0.39 is 35.6 Å². The summed E-state index contributed by atoms with van der Waals surface area (Å²) in [4.78, 5) is 12.0. The Morgan fingerprint density at radius 3 is 2.22 bits per heavy atom. The van der Waals surface area contributed by atoms with Crippen LogP contribution in [0.15, 0.2) is 24.3 Å². The van der Waals surface area contributed by atoms with Gasteiger partial charge in [-0.3, -0.25) is 4.79 Å². The Kier molecular flexibility index (Phi) is 5.29. The molecule has 0 aromatic heterocycles. The van der Waals surface area contributed by atoms with Crippen LogP contribution in [0.1, 0.15) is 37.7 Å². The summed E-state index contributed by atoms with van der Waals surface area (Å²) in [6.45, 7) is -0.989. The molecular formula is C16H19F4NO2. The highest BCUT2D eigenvalue weighted by Crippen LogP contribution is 2.38. The van der Waals surface area contributed by atoms with Crippen molar-refractivity contribution in [2.45, 2.75) is 43.9 Å². The van der Waals surface area contributed by atoms with E-state index in [0.717, 1.165) is 43.5 Å². The van der Waals surface area contributed by atoms with E-state index in [0.29, 0.717) is 12.8 Å². The SMILES string of the molecule is O=C(NCC(O)(c1ccc(F)cc1)C(F)(F)F)C1CCCCC1. The van der Waals surface area contributed by atoms with Gasteiger partial charge in [-0.2, -0.15) is 13.2 Å². The van der Waals surface area contributed by atoms with E-state index in [2.05, 4.69) is 5.32 Å². The highest BCUT2D eigenvalue weighted by Gasteiger charge is 2.55. The average molecular weight is 333 g/mol. The summed E-state index contributed by atoms with van der Waals surface area (Å²) in [5.74, 6) is -1.49. The number of alkyl halides is 3. The number of halogens is 4. The molecule has 23 heavy (non-hydrogen) atoms. The van der Waals surface area contributed by atoms with E-state index in [1.807, 2.05) is 0 Å². The highest BCUT2D eigenvalue weighted by molar-refractivity contribution is 5.78. The maximum atomic E-state index is 13.3. The van der Waals surface area contributed by atoms with Crippen LogP contribution in [0.3, 0.4) is 0 Å².